The van der Waals surface area contributed by atoms with Gasteiger partial charge < -0.3 is 9.13 Å². The smallest absolute Gasteiger partial charge is 0.210 e. The van der Waals surface area contributed by atoms with Crippen LogP contribution in [-0.2, 0) is 0 Å². The summed E-state index contributed by atoms with van der Waals surface area (Å²) in [5.41, 5.74) is 7.43. The Labute approximate surface area is 207 Å². The lowest BCUT2D eigenvalue weighted by molar-refractivity contribution is 1.16. The van der Waals surface area contributed by atoms with E-state index in [1.165, 1.54) is 0 Å². The van der Waals surface area contributed by atoms with Gasteiger partial charge in [-0.2, -0.15) is 5.26 Å². The van der Waals surface area contributed by atoms with E-state index in [9.17, 15) is 5.26 Å². The summed E-state index contributed by atoms with van der Waals surface area (Å²) in [6.45, 7) is 7.76. The summed E-state index contributed by atoms with van der Waals surface area (Å²) in [6, 6.07) is 39.1. The fourth-order valence-electron chi connectivity index (χ4n) is 5.43. The van der Waals surface area contributed by atoms with Crippen LogP contribution in [0.2, 0.25) is 0 Å². The molecule has 0 N–H and O–H groups in total. The summed E-state index contributed by atoms with van der Waals surface area (Å²) in [5.74, 6) is 0. The molecule has 7 aromatic rings. The molecule has 0 radical (unpaired) electrons. The number of benzene rings is 5. The number of nitriles is 1. The molecule has 0 bridgehead atoms. The summed E-state index contributed by atoms with van der Waals surface area (Å²) in [7, 11) is 0. The number of rotatable bonds is 2. The zero-order valence-electron chi connectivity index (χ0n) is 19.2. The minimum Gasteiger partial charge on any atom is -0.319 e. The Kier molecular flexibility index (Phi) is 4.24. The molecule has 0 aliphatic heterocycles. The lowest BCUT2D eigenvalue weighted by Gasteiger charge is -2.12. The number of nitrogens with zero attached hydrogens (tertiary/aromatic N) is 4. The Balaban J connectivity index is 1.61. The molecular formula is C32H18N4. The van der Waals surface area contributed by atoms with E-state index in [1.54, 1.807) is 0 Å². The van der Waals surface area contributed by atoms with Gasteiger partial charge in [-0.3, -0.25) is 0 Å². The minimum absolute atomic E-state index is 0.617. The van der Waals surface area contributed by atoms with Gasteiger partial charge >= 0.3 is 0 Å². The lowest BCUT2D eigenvalue weighted by atomic mass is 10.1. The van der Waals surface area contributed by atoms with Crippen LogP contribution in [0.5, 0.6) is 0 Å². The summed E-state index contributed by atoms with van der Waals surface area (Å²) in [4.78, 5) is 3.81. The number of hydrogen-bond donors (Lipinski definition) is 0. The van der Waals surface area contributed by atoms with Crippen molar-refractivity contribution >= 4 is 49.3 Å². The number of hydrogen-bond acceptors (Lipinski definition) is 1. The van der Waals surface area contributed by atoms with Gasteiger partial charge in [-0.15, -0.1) is 0 Å². The van der Waals surface area contributed by atoms with Crippen molar-refractivity contribution < 1.29 is 0 Å². The van der Waals surface area contributed by atoms with E-state index in [2.05, 4.69) is 68.6 Å². The zero-order chi connectivity index (χ0) is 24.2. The van der Waals surface area contributed by atoms with Crippen LogP contribution in [0.3, 0.4) is 0 Å². The van der Waals surface area contributed by atoms with E-state index in [4.69, 9.17) is 6.57 Å². The van der Waals surface area contributed by atoms with Crippen molar-refractivity contribution in [1.82, 2.24) is 9.13 Å². The van der Waals surface area contributed by atoms with Crippen LogP contribution in [0, 0.1) is 17.9 Å². The van der Waals surface area contributed by atoms with Crippen LogP contribution in [0.25, 0.3) is 59.8 Å². The predicted molar refractivity (Wildman–Crippen MR) is 146 cm³/mol. The third kappa shape index (κ3) is 2.73. The maximum Gasteiger partial charge on any atom is 0.210 e. The van der Waals surface area contributed by atoms with Crippen molar-refractivity contribution in [1.29, 1.82) is 5.26 Å². The fraction of sp³-hybridized carbons (Fsp3) is 0. The molecule has 2 aromatic heterocycles. The van der Waals surface area contributed by atoms with Gasteiger partial charge in [-0.25, -0.2) is 4.85 Å². The first kappa shape index (κ1) is 20.1. The average molecular weight is 459 g/mol. The molecule has 5 aromatic carbocycles. The van der Waals surface area contributed by atoms with Gasteiger partial charge in [0.15, 0.2) is 0 Å². The van der Waals surface area contributed by atoms with Gasteiger partial charge in [0.05, 0.1) is 46.0 Å². The Morgan fingerprint density at radius 3 is 2.00 bits per heavy atom. The van der Waals surface area contributed by atoms with E-state index in [0.29, 0.717) is 11.3 Å². The van der Waals surface area contributed by atoms with E-state index in [0.717, 1.165) is 55.0 Å². The molecule has 36 heavy (non-hydrogen) atoms. The van der Waals surface area contributed by atoms with Gasteiger partial charge in [0.25, 0.3) is 0 Å². The first-order valence-corrected chi connectivity index (χ1v) is 11.7. The average Bonchev–Trinajstić information content (AvgIpc) is 3.45. The van der Waals surface area contributed by atoms with Crippen LogP contribution in [-0.4, -0.2) is 9.13 Å². The molecule has 0 aliphatic carbocycles. The monoisotopic (exact) mass is 458 g/mol. The molecule has 0 atom stereocenters. The number of aromatic nitrogens is 2. The molecule has 0 saturated heterocycles. The first-order chi connectivity index (χ1) is 17.8. The molecule has 2 heterocycles. The van der Waals surface area contributed by atoms with Crippen LogP contribution in [0.4, 0.5) is 5.69 Å². The van der Waals surface area contributed by atoms with Crippen molar-refractivity contribution in [2.24, 2.45) is 0 Å². The third-order valence-electron chi connectivity index (χ3n) is 6.96. The maximum absolute atomic E-state index is 9.48. The van der Waals surface area contributed by atoms with E-state index >= 15 is 0 Å². The predicted octanol–water partition coefficient (Wildman–Crippen LogP) is 8.30. The van der Waals surface area contributed by atoms with E-state index in [1.807, 2.05) is 60.7 Å². The van der Waals surface area contributed by atoms with Gasteiger partial charge in [-0.05, 0) is 48.5 Å². The molecule has 0 amide bonds. The highest BCUT2D eigenvalue weighted by molar-refractivity contribution is 6.12. The Morgan fingerprint density at radius 1 is 0.583 bits per heavy atom. The highest BCUT2D eigenvalue weighted by atomic mass is 15.0. The van der Waals surface area contributed by atoms with Gasteiger partial charge in [-0.1, -0.05) is 60.7 Å². The largest absolute Gasteiger partial charge is 0.319 e. The van der Waals surface area contributed by atoms with Gasteiger partial charge in [0.2, 0.25) is 5.69 Å². The zero-order valence-corrected chi connectivity index (χ0v) is 19.2. The third-order valence-corrected chi connectivity index (χ3v) is 6.96. The normalized spacial score (nSPS) is 11.3. The van der Waals surface area contributed by atoms with Crippen molar-refractivity contribution in [3.05, 3.63) is 126 Å². The lowest BCUT2D eigenvalue weighted by Crippen LogP contribution is -1.97. The Hall–Kier alpha value is -5.32. The molecule has 0 spiro atoms. The Bertz CT molecular complexity index is 2080. The van der Waals surface area contributed by atoms with E-state index in [-0.39, 0.29) is 0 Å². The second kappa shape index (κ2) is 7.60. The van der Waals surface area contributed by atoms with Crippen LogP contribution < -0.4 is 0 Å². The topological polar surface area (TPSA) is 38.0 Å². The van der Waals surface area contributed by atoms with Crippen molar-refractivity contribution in [3.63, 3.8) is 0 Å². The number of para-hydroxylation sites is 4. The quantitative estimate of drug-likeness (QED) is 0.240. The van der Waals surface area contributed by atoms with Gasteiger partial charge in [0, 0.05) is 27.2 Å². The molecular weight excluding hydrogens is 440 g/mol. The second-order valence-electron chi connectivity index (χ2n) is 8.85. The maximum atomic E-state index is 9.48. The van der Waals surface area contributed by atoms with Gasteiger partial charge in [0.1, 0.15) is 0 Å². The molecule has 4 heteroatoms. The van der Waals surface area contributed by atoms with Crippen LogP contribution >= 0.6 is 0 Å². The van der Waals surface area contributed by atoms with E-state index < -0.39 is 0 Å². The molecule has 0 unspecified atom stereocenters. The highest BCUT2D eigenvalue weighted by Crippen LogP contribution is 2.38. The summed E-state index contributed by atoms with van der Waals surface area (Å²) in [6.07, 6.45) is 0. The SMILES string of the molecule is [C-]#[N+]c1ccccc1-n1c2ccccc2c2ccc(-n3c4ccccc4c4cc(C#N)ccc43)cc21. The molecule has 7 rings (SSSR count). The number of fused-ring (bicyclic) bond motifs is 6. The summed E-state index contributed by atoms with van der Waals surface area (Å²) >= 11 is 0. The standard InChI is InChI=1S/C32H18N4/c1-34-27-10-4-7-13-31(27)36-29-12-6-2-8-23(29)25-16-15-22(19-32(25)36)35-28-11-5-3-9-24(28)26-18-21(20-33)14-17-30(26)35/h2-19H. The summed E-state index contributed by atoms with van der Waals surface area (Å²) in [5, 5.41) is 13.9. The molecule has 0 aliphatic rings. The molecule has 4 nitrogen and oxygen atoms in total. The summed E-state index contributed by atoms with van der Waals surface area (Å²) < 4.78 is 4.46. The van der Waals surface area contributed by atoms with Crippen LogP contribution in [0.1, 0.15) is 5.56 Å². The Morgan fingerprint density at radius 2 is 1.22 bits per heavy atom. The fourth-order valence-corrected chi connectivity index (χ4v) is 5.43. The molecule has 0 fully saturated rings. The molecule has 166 valence electrons. The van der Waals surface area contributed by atoms with Crippen molar-refractivity contribution in [2.45, 2.75) is 0 Å². The first-order valence-electron chi connectivity index (χ1n) is 11.7. The van der Waals surface area contributed by atoms with Crippen molar-refractivity contribution in [2.75, 3.05) is 0 Å². The molecule has 0 saturated carbocycles. The minimum atomic E-state index is 0.617. The second-order valence-corrected chi connectivity index (χ2v) is 8.85. The highest BCUT2D eigenvalue weighted by Gasteiger charge is 2.17. The van der Waals surface area contributed by atoms with Crippen molar-refractivity contribution in [3.8, 4) is 17.4 Å². The van der Waals surface area contributed by atoms with Crippen LogP contribution in [0.15, 0.2) is 109 Å².